The van der Waals surface area contributed by atoms with Crippen LogP contribution in [-0.4, -0.2) is 65.4 Å². The van der Waals surface area contributed by atoms with Crippen LogP contribution in [0.1, 0.15) is 30.9 Å². The van der Waals surface area contributed by atoms with E-state index in [-0.39, 0.29) is 17.9 Å². The Hall–Kier alpha value is -1.99. The fourth-order valence-electron chi connectivity index (χ4n) is 4.08. The van der Waals surface area contributed by atoms with E-state index in [1.165, 1.54) is 11.3 Å². The van der Waals surface area contributed by atoms with Gasteiger partial charge in [0, 0.05) is 50.4 Å². The Morgan fingerprint density at radius 1 is 1.19 bits per heavy atom. The van der Waals surface area contributed by atoms with Gasteiger partial charge in [-0.25, -0.2) is 0 Å². The first-order valence-electron chi connectivity index (χ1n) is 9.31. The molecule has 0 bridgehead atoms. The molecule has 1 N–H and O–H groups in total. The second-order valence-corrected chi connectivity index (χ2v) is 7.55. The molecule has 0 aromatic heterocycles. The third-order valence-electron chi connectivity index (χ3n) is 5.69. The fraction of sp³-hybridized carbons (Fsp3) is 0.526. The van der Waals surface area contributed by atoms with Crippen molar-refractivity contribution in [2.24, 2.45) is 0 Å². The summed E-state index contributed by atoms with van der Waals surface area (Å²) in [6.07, 6.45) is 0.906. The Balaban J connectivity index is 1.50. The van der Waals surface area contributed by atoms with Gasteiger partial charge in [-0.2, -0.15) is 0 Å². The molecule has 3 aliphatic heterocycles. The molecule has 3 aliphatic rings. The lowest BCUT2D eigenvalue weighted by Crippen LogP contribution is -2.52. The summed E-state index contributed by atoms with van der Waals surface area (Å²) >= 11 is 5.63. The molecular weight excluding hydrogens is 348 g/mol. The summed E-state index contributed by atoms with van der Waals surface area (Å²) in [5.41, 5.74) is 3.45. The molecule has 2 amide bonds. The number of nitrogens with zero attached hydrogens (tertiary/aromatic N) is 3. The summed E-state index contributed by atoms with van der Waals surface area (Å²) in [5.74, 6) is -0.422. The van der Waals surface area contributed by atoms with Gasteiger partial charge < -0.3 is 14.7 Å². The van der Waals surface area contributed by atoms with Gasteiger partial charge in [-0.15, -0.1) is 0 Å². The van der Waals surface area contributed by atoms with Crippen molar-refractivity contribution in [3.05, 3.63) is 29.3 Å². The molecule has 0 spiro atoms. The molecule has 0 radical (unpaired) electrons. The van der Waals surface area contributed by atoms with E-state index in [0.29, 0.717) is 19.4 Å². The molecule has 0 saturated carbocycles. The van der Waals surface area contributed by atoms with Gasteiger partial charge in [0.05, 0.1) is 0 Å². The zero-order chi connectivity index (χ0) is 18.3. The minimum Gasteiger partial charge on any atom is -0.369 e. The number of thiocarbonyl (C=S) groups is 1. The van der Waals surface area contributed by atoms with Crippen LogP contribution in [0.5, 0.6) is 0 Å². The van der Waals surface area contributed by atoms with E-state index in [0.717, 1.165) is 43.3 Å². The molecule has 1 unspecified atom stereocenters. The molecule has 1 atom stereocenters. The number of piperazine rings is 1. The first-order valence-corrected chi connectivity index (χ1v) is 9.72. The maximum absolute atomic E-state index is 12.2. The van der Waals surface area contributed by atoms with E-state index in [1.54, 1.807) is 0 Å². The molecule has 26 heavy (non-hydrogen) atoms. The number of amides is 2. The van der Waals surface area contributed by atoms with Crippen LogP contribution in [0.15, 0.2) is 18.2 Å². The van der Waals surface area contributed by atoms with Crippen molar-refractivity contribution >= 4 is 34.7 Å². The van der Waals surface area contributed by atoms with E-state index >= 15 is 0 Å². The third-order valence-corrected chi connectivity index (χ3v) is 6.15. The summed E-state index contributed by atoms with van der Waals surface area (Å²) in [4.78, 5) is 31.2. The van der Waals surface area contributed by atoms with Crippen molar-refractivity contribution in [1.82, 2.24) is 15.1 Å². The van der Waals surface area contributed by atoms with Crippen LogP contribution in [0.4, 0.5) is 5.69 Å². The largest absolute Gasteiger partial charge is 0.369 e. The highest BCUT2D eigenvalue weighted by Gasteiger charge is 2.37. The molecule has 3 heterocycles. The number of benzene rings is 1. The number of fused-ring (bicyclic) bond motifs is 1. The van der Waals surface area contributed by atoms with Crippen LogP contribution >= 0.6 is 12.2 Å². The number of rotatable bonds is 3. The average Bonchev–Trinajstić information content (AvgIpc) is 2.98. The Morgan fingerprint density at radius 3 is 2.65 bits per heavy atom. The predicted molar refractivity (Wildman–Crippen MR) is 104 cm³/mol. The van der Waals surface area contributed by atoms with E-state index in [4.69, 9.17) is 12.2 Å². The highest BCUT2D eigenvalue weighted by molar-refractivity contribution is 7.80. The normalized spacial score (nSPS) is 24.0. The van der Waals surface area contributed by atoms with Crippen molar-refractivity contribution in [1.29, 1.82) is 0 Å². The highest BCUT2D eigenvalue weighted by Crippen LogP contribution is 2.31. The number of hydrogen-bond acceptors (Lipinski definition) is 5. The van der Waals surface area contributed by atoms with E-state index in [9.17, 15) is 9.59 Å². The molecule has 4 rings (SSSR count). The first-order chi connectivity index (χ1) is 12.6. The zero-order valence-electron chi connectivity index (χ0n) is 15.0. The molecule has 138 valence electrons. The monoisotopic (exact) mass is 372 g/mol. The smallest absolute Gasteiger partial charge is 0.249 e. The van der Waals surface area contributed by atoms with Crippen LogP contribution in [-0.2, 0) is 16.1 Å². The van der Waals surface area contributed by atoms with E-state index < -0.39 is 0 Å². The maximum Gasteiger partial charge on any atom is 0.249 e. The molecule has 2 saturated heterocycles. The second kappa shape index (κ2) is 6.96. The predicted octanol–water partition coefficient (Wildman–Crippen LogP) is 1.12. The lowest BCUT2D eigenvalue weighted by molar-refractivity contribution is -0.136. The Labute approximate surface area is 159 Å². The van der Waals surface area contributed by atoms with Crippen molar-refractivity contribution < 1.29 is 9.59 Å². The Bertz CT molecular complexity index is 758. The van der Waals surface area contributed by atoms with Crippen molar-refractivity contribution in [3.63, 3.8) is 0 Å². The number of nitrogens with one attached hydrogen (secondary N) is 1. The molecule has 0 aliphatic carbocycles. The van der Waals surface area contributed by atoms with Gasteiger partial charge in [0.25, 0.3) is 0 Å². The summed E-state index contributed by atoms with van der Waals surface area (Å²) in [5, 5.41) is 2.43. The minimum absolute atomic E-state index is 0.192. The third kappa shape index (κ3) is 3.10. The average molecular weight is 372 g/mol. The SMILES string of the molecule is CCN1CCN(c2ccc3c(c2)CN(C2CCC(=O)NC2=O)C3=S)CC1. The van der Waals surface area contributed by atoms with Crippen LogP contribution in [0.25, 0.3) is 0 Å². The molecular formula is C19H24N4O2S. The quantitative estimate of drug-likeness (QED) is 0.634. The van der Waals surface area contributed by atoms with Gasteiger partial charge in [0.1, 0.15) is 11.0 Å². The van der Waals surface area contributed by atoms with Crippen molar-refractivity contribution in [2.45, 2.75) is 32.4 Å². The zero-order valence-corrected chi connectivity index (χ0v) is 15.8. The number of piperidine rings is 1. The molecule has 2 fully saturated rings. The number of carbonyl (C=O) groups excluding carboxylic acids is 2. The Kier molecular flexibility index (Phi) is 4.67. The van der Waals surface area contributed by atoms with Gasteiger partial charge in [-0.1, -0.05) is 19.1 Å². The number of anilines is 1. The molecule has 1 aromatic carbocycles. The Morgan fingerprint density at radius 2 is 1.96 bits per heavy atom. The van der Waals surface area contributed by atoms with Crippen LogP contribution in [0, 0.1) is 0 Å². The second-order valence-electron chi connectivity index (χ2n) is 7.16. The highest BCUT2D eigenvalue weighted by atomic mass is 32.1. The van der Waals surface area contributed by atoms with Gasteiger partial charge in [0.15, 0.2) is 0 Å². The minimum atomic E-state index is -0.343. The van der Waals surface area contributed by atoms with Crippen LogP contribution in [0.3, 0.4) is 0 Å². The van der Waals surface area contributed by atoms with Gasteiger partial charge in [-0.3, -0.25) is 14.9 Å². The molecule has 7 heteroatoms. The molecule has 1 aromatic rings. The summed E-state index contributed by atoms with van der Waals surface area (Å²) in [7, 11) is 0. The summed E-state index contributed by atoms with van der Waals surface area (Å²) < 4.78 is 0. The molecule has 6 nitrogen and oxygen atoms in total. The summed E-state index contributed by atoms with van der Waals surface area (Å²) in [6, 6.07) is 6.10. The fourth-order valence-corrected chi connectivity index (χ4v) is 4.47. The van der Waals surface area contributed by atoms with Gasteiger partial charge in [0.2, 0.25) is 11.8 Å². The summed E-state index contributed by atoms with van der Waals surface area (Å²) in [6.45, 7) is 8.20. The van der Waals surface area contributed by atoms with Crippen LogP contribution < -0.4 is 10.2 Å². The van der Waals surface area contributed by atoms with E-state index in [1.807, 2.05) is 4.90 Å². The van der Waals surface area contributed by atoms with Gasteiger partial charge >= 0.3 is 0 Å². The number of hydrogen-bond donors (Lipinski definition) is 1. The van der Waals surface area contributed by atoms with Crippen molar-refractivity contribution in [2.75, 3.05) is 37.6 Å². The topological polar surface area (TPSA) is 55.9 Å². The van der Waals surface area contributed by atoms with Crippen LogP contribution in [0.2, 0.25) is 0 Å². The number of carbonyl (C=O) groups is 2. The standard InChI is InChI=1S/C19H24N4O2S/c1-2-21-7-9-22(10-8-21)14-3-4-15-13(11-14)12-23(19(15)26)16-5-6-17(24)20-18(16)25/h3-4,11,16H,2,5-10,12H2,1H3,(H,20,24,25). The van der Waals surface area contributed by atoms with Gasteiger partial charge in [-0.05, 0) is 36.7 Å². The maximum atomic E-state index is 12.2. The van der Waals surface area contributed by atoms with Crippen molar-refractivity contribution in [3.8, 4) is 0 Å². The number of imide groups is 1. The lowest BCUT2D eigenvalue weighted by Gasteiger charge is -2.35. The lowest BCUT2D eigenvalue weighted by atomic mass is 10.0. The van der Waals surface area contributed by atoms with E-state index in [2.05, 4.69) is 40.2 Å². The first kappa shape index (κ1) is 17.4. The number of likely N-dealkylation sites (N-methyl/N-ethyl adjacent to an activating group) is 1.